The molecule has 0 radical (unpaired) electrons. The van der Waals surface area contributed by atoms with E-state index in [0.717, 1.165) is 0 Å². The summed E-state index contributed by atoms with van der Waals surface area (Å²) < 4.78 is 4.48. The van der Waals surface area contributed by atoms with Crippen LogP contribution >= 0.6 is 0 Å². The van der Waals surface area contributed by atoms with Crippen LogP contribution < -0.4 is 5.32 Å². The molecule has 0 aliphatic carbocycles. The molecule has 3 nitrogen and oxygen atoms in total. The van der Waals surface area contributed by atoms with Gasteiger partial charge in [-0.15, -0.1) is 0 Å². The van der Waals surface area contributed by atoms with Crippen LogP contribution in [-0.2, 0) is 9.53 Å². The van der Waals surface area contributed by atoms with E-state index in [0.29, 0.717) is 0 Å². The van der Waals surface area contributed by atoms with Crippen molar-refractivity contribution in [3.8, 4) is 0 Å². The minimum atomic E-state index is -0.244. The van der Waals surface area contributed by atoms with Gasteiger partial charge >= 0.3 is 0 Å². The van der Waals surface area contributed by atoms with Gasteiger partial charge in [-0.1, -0.05) is 6.58 Å². The van der Waals surface area contributed by atoms with Crippen LogP contribution in [0.5, 0.6) is 0 Å². The monoisotopic (exact) mass is 127 g/mol. The molecule has 0 rings (SSSR count). The first-order chi connectivity index (χ1) is 4.31. The van der Waals surface area contributed by atoms with Gasteiger partial charge in [0.15, 0.2) is 0 Å². The summed E-state index contributed by atoms with van der Waals surface area (Å²) in [6.45, 7) is 3.30. The van der Waals surface area contributed by atoms with Gasteiger partial charge < -0.3 is 10.1 Å². The van der Waals surface area contributed by atoms with Gasteiger partial charge in [-0.25, -0.2) is 0 Å². The van der Waals surface area contributed by atoms with Gasteiger partial charge in [0.1, 0.15) is 0 Å². The number of hydrogen-bond donors (Lipinski definition) is 1. The van der Waals surface area contributed by atoms with Crippen LogP contribution in [0.4, 0.5) is 0 Å². The lowest BCUT2D eigenvalue weighted by atomic mass is 10.6. The maximum absolute atomic E-state index is 10.5. The molecule has 0 aliphatic rings. The molecule has 0 bridgehead atoms. The number of rotatable bonds is 3. The second-order valence-electron chi connectivity index (χ2n) is 1.25. The fourth-order valence-electron chi connectivity index (χ4n) is 0.279. The van der Waals surface area contributed by atoms with Crippen molar-refractivity contribution in [1.29, 1.82) is 0 Å². The molecule has 50 valence electrons. The first kappa shape index (κ1) is 7.75. The molecule has 1 amide bonds. The van der Waals surface area contributed by atoms with Gasteiger partial charge in [0.05, 0.1) is 13.4 Å². The first-order valence-corrected chi connectivity index (χ1v) is 2.42. The fourth-order valence-corrected chi connectivity index (χ4v) is 0.279. The molecule has 0 aromatic heterocycles. The summed E-state index contributed by atoms with van der Waals surface area (Å²) >= 11 is 0. The molecule has 0 fully saturated rings. The summed E-state index contributed by atoms with van der Waals surface area (Å²) in [7, 11) is 1.47. The largest absolute Gasteiger partial charge is 0.504 e. The Hall–Kier alpha value is -1.25. The highest BCUT2D eigenvalue weighted by atomic mass is 16.5. The van der Waals surface area contributed by atoms with Crippen LogP contribution in [0.2, 0.25) is 0 Å². The Morgan fingerprint density at radius 3 is 2.89 bits per heavy atom. The Morgan fingerprint density at radius 1 is 1.78 bits per heavy atom. The summed E-state index contributed by atoms with van der Waals surface area (Å²) in [5.41, 5.74) is 0. The minimum absolute atomic E-state index is 0.244. The van der Waals surface area contributed by atoms with Gasteiger partial charge in [-0.3, -0.25) is 4.79 Å². The molecule has 0 saturated heterocycles. The summed E-state index contributed by atoms with van der Waals surface area (Å²) in [6.07, 6.45) is 3.86. The number of carbonyl (C=O) groups is 1. The molecule has 0 aromatic rings. The van der Waals surface area contributed by atoms with E-state index < -0.39 is 0 Å². The number of amides is 1. The van der Waals surface area contributed by atoms with Crippen molar-refractivity contribution in [2.24, 2.45) is 0 Å². The topological polar surface area (TPSA) is 38.3 Å². The quantitative estimate of drug-likeness (QED) is 0.440. The van der Waals surface area contributed by atoms with Crippen molar-refractivity contribution in [2.75, 3.05) is 7.11 Å². The van der Waals surface area contributed by atoms with Crippen LogP contribution in [0.1, 0.15) is 0 Å². The highest BCUT2D eigenvalue weighted by Crippen LogP contribution is 1.72. The predicted octanol–water partition coefficient (Wildman–Crippen LogP) is 0.406. The Kier molecular flexibility index (Phi) is 4.22. The lowest BCUT2D eigenvalue weighted by Gasteiger charge is -1.89. The molecule has 0 atom stereocenters. The molecule has 0 aromatic carbocycles. The standard InChI is InChI=1S/C6H9NO2/c1-3-7-6(8)4-5-9-2/h3-5H,1H2,2H3,(H,7,8)/b5-4+. The average Bonchev–Trinajstić information content (AvgIpc) is 1.85. The Balaban J connectivity index is 3.49. The third-order valence-corrected chi connectivity index (χ3v) is 0.600. The lowest BCUT2D eigenvalue weighted by molar-refractivity contribution is -0.115. The molecule has 0 heterocycles. The van der Waals surface area contributed by atoms with Crippen molar-refractivity contribution in [3.05, 3.63) is 25.1 Å². The zero-order chi connectivity index (χ0) is 7.11. The van der Waals surface area contributed by atoms with Crippen molar-refractivity contribution in [3.63, 3.8) is 0 Å². The van der Waals surface area contributed by atoms with Gasteiger partial charge in [-0.2, -0.15) is 0 Å². The van der Waals surface area contributed by atoms with Crippen LogP contribution in [0.25, 0.3) is 0 Å². The van der Waals surface area contributed by atoms with E-state index >= 15 is 0 Å². The number of carbonyl (C=O) groups excluding carboxylic acids is 1. The maximum atomic E-state index is 10.5. The summed E-state index contributed by atoms with van der Waals surface area (Å²) in [6, 6.07) is 0. The number of hydrogen-bond acceptors (Lipinski definition) is 2. The Labute approximate surface area is 54.0 Å². The van der Waals surface area contributed by atoms with E-state index in [4.69, 9.17) is 0 Å². The van der Waals surface area contributed by atoms with E-state index in [-0.39, 0.29) is 5.91 Å². The van der Waals surface area contributed by atoms with Gasteiger partial charge in [0.25, 0.3) is 5.91 Å². The zero-order valence-electron chi connectivity index (χ0n) is 5.26. The third-order valence-electron chi connectivity index (χ3n) is 0.600. The molecular formula is C6H9NO2. The Morgan fingerprint density at radius 2 is 2.44 bits per heavy atom. The van der Waals surface area contributed by atoms with Gasteiger partial charge in [0, 0.05) is 6.08 Å². The Bertz CT molecular complexity index is 129. The average molecular weight is 127 g/mol. The molecule has 0 aliphatic heterocycles. The van der Waals surface area contributed by atoms with Crippen molar-refractivity contribution >= 4 is 5.91 Å². The second-order valence-corrected chi connectivity index (χ2v) is 1.25. The molecular weight excluding hydrogens is 118 g/mol. The molecule has 9 heavy (non-hydrogen) atoms. The normalized spacial score (nSPS) is 9.00. The summed E-state index contributed by atoms with van der Waals surface area (Å²) in [5.74, 6) is -0.244. The second kappa shape index (κ2) is 4.90. The first-order valence-electron chi connectivity index (χ1n) is 2.42. The fraction of sp³-hybridized carbons (Fsp3) is 0.167. The van der Waals surface area contributed by atoms with E-state index in [1.165, 1.54) is 25.6 Å². The molecule has 3 heteroatoms. The highest BCUT2D eigenvalue weighted by Gasteiger charge is 1.85. The van der Waals surface area contributed by atoms with Crippen LogP contribution in [-0.4, -0.2) is 13.0 Å². The maximum Gasteiger partial charge on any atom is 0.250 e. The number of ether oxygens (including phenoxy) is 1. The van der Waals surface area contributed by atoms with Crippen LogP contribution in [0, 0.1) is 0 Å². The van der Waals surface area contributed by atoms with E-state index in [9.17, 15) is 4.79 Å². The predicted molar refractivity (Wildman–Crippen MR) is 34.5 cm³/mol. The summed E-state index contributed by atoms with van der Waals surface area (Å²) in [4.78, 5) is 10.5. The smallest absolute Gasteiger partial charge is 0.250 e. The molecule has 1 N–H and O–H groups in total. The SMILES string of the molecule is C=CNC(=O)/C=C/OC. The zero-order valence-corrected chi connectivity index (χ0v) is 5.26. The minimum Gasteiger partial charge on any atom is -0.504 e. The van der Waals surface area contributed by atoms with Gasteiger partial charge in [0.2, 0.25) is 0 Å². The van der Waals surface area contributed by atoms with Crippen LogP contribution in [0.3, 0.4) is 0 Å². The molecule has 0 unspecified atom stereocenters. The van der Waals surface area contributed by atoms with Crippen LogP contribution in [0.15, 0.2) is 25.1 Å². The summed E-state index contributed by atoms with van der Waals surface area (Å²) in [5, 5.41) is 2.34. The van der Waals surface area contributed by atoms with Crippen molar-refractivity contribution < 1.29 is 9.53 Å². The van der Waals surface area contributed by atoms with Crippen molar-refractivity contribution in [2.45, 2.75) is 0 Å². The van der Waals surface area contributed by atoms with E-state index in [1.54, 1.807) is 0 Å². The lowest BCUT2D eigenvalue weighted by Crippen LogP contribution is -2.12. The molecule has 0 spiro atoms. The van der Waals surface area contributed by atoms with E-state index in [1.807, 2.05) is 0 Å². The highest BCUT2D eigenvalue weighted by molar-refractivity contribution is 5.87. The number of methoxy groups -OCH3 is 1. The van der Waals surface area contributed by atoms with Gasteiger partial charge in [-0.05, 0) is 6.20 Å². The van der Waals surface area contributed by atoms with Crippen molar-refractivity contribution in [1.82, 2.24) is 5.32 Å². The molecule has 0 saturated carbocycles. The van der Waals surface area contributed by atoms with E-state index in [2.05, 4.69) is 16.6 Å². The number of nitrogens with one attached hydrogen (secondary N) is 1. The third kappa shape index (κ3) is 4.61.